The zero-order valence-electron chi connectivity index (χ0n) is 59.0. The van der Waals surface area contributed by atoms with Gasteiger partial charge in [-0.1, -0.05) is 130 Å². The number of carbonyl (C=O) groups excluding carboxylic acids is 4. The number of allylic oxidation sites excluding steroid dienone is 3. The predicted molar refractivity (Wildman–Crippen MR) is 422 cm³/mol. The molecule has 3 unspecified atom stereocenters. The lowest BCUT2D eigenvalue weighted by Gasteiger charge is -2.28. The molecule has 2 fully saturated rings. The van der Waals surface area contributed by atoms with Gasteiger partial charge in [-0.05, 0) is 152 Å². The first-order chi connectivity index (χ1) is 52.0. The van der Waals surface area contributed by atoms with E-state index in [9.17, 15) is 24.4 Å². The number of hydrogen-bond acceptors (Lipinski definition) is 13. The number of nitrogens with zero attached hydrogens (tertiary/aromatic N) is 6. The van der Waals surface area contributed by atoms with Crippen LogP contribution in [0, 0.1) is 71.0 Å². The van der Waals surface area contributed by atoms with Gasteiger partial charge in [0, 0.05) is 78.0 Å². The lowest BCUT2D eigenvalue weighted by molar-refractivity contribution is -0.122. The van der Waals surface area contributed by atoms with Crippen LogP contribution in [0.2, 0.25) is 10.0 Å². The zero-order chi connectivity index (χ0) is 77.7. The second kappa shape index (κ2) is 37.5. The van der Waals surface area contributed by atoms with Gasteiger partial charge in [0.15, 0.2) is 46.5 Å². The molecule has 0 aliphatic carbocycles. The highest BCUT2D eigenvalue weighted by atomic mass is 35.5. The highest BCUT2D eigenvalue weighted by Crippen LogP contribution is 2.50. The zero-order valence-corrected chi connectivity index (χ0v) is 65.5. The van der Waals surface area contributed by atoms with Gasteiger partial charge in [-0.2, -0.15) is 11.8 Å². The average molecular weight is 1620 g/mol. The number of halogens is 10. The van der Waals surface area contributed by atoms with E-state index in [0.29, 0.717) is 39.9 Å². The van der Waals surface area contributed by atoms with Gasteiger partial charge in [-0.15, -0.1) is 46.6 Å². The van der Waals surface area contributed by atoms with Crippen LogP contribution in [0.4, 0.5) is 52.2 Å². The van der Waals surface area contributed by atoms with Crippen molar-refractivity contribution >= 4 is 152 Å². The monoisotopic (exact) mass is 1620 g/mol. The SMILES string of the molecule is [C-]#[N+]C1=C(/C=C/C=C/c2sc(/C=C/c3ccc(N(CCSC)CCSC4CC(=O)N(c5c(F)c(F)c(-c6c(F)c(F)c(N7C(=O)CC(Sc8ccc(Sc9ccc(SC)cc9)cc8)C7=O)c(F)c6F)c(F)c5F)C4=O)cc3)c(CCCCCC)c2CCCCCC)C(C)(c2ccc(Cl)c(Cl)c2)O/C1=C(\C#N)[N+]#[C-]. The van der Waals surface area contributed by atoms with Crippen molar-refractivity contribution in [3.05, 3.63) is 243 Å². The summed E-state index contributed by atoms with van der Waals surface area (Å²) < 4.78 is 136. The molecule has 0 radical (unpaired) electrons. The van der Waals surface area contributed by atoms with Crippen LogP contribution in [0.15, 0.2) is 152 Å². The topological polar surface area (TPSA) is 120 Å². The summed E-state index contributed by atoms with van der Waals surface area (Å²) in [6.07, 6.45) is 24.5. The van der Waals surface area contributed by atoms with Gasteiger partial charge in [0.2, 0.25) is 29.3 Å². The van der Waals surface area contributed by atoms with E-state index < -0.39 is 122 Å². The van der Waals surface area contributed by atoms with Crippen molar-refractivity contribution in [3.63, 3.8) is 0 Å². The minimum Gasteiger partial charge on any atom is -0.500 e. The molecule has 3 aliphatic rings. The van der Waals surface area contributed by atoms with E-state index in [1.165, 1.54) is 22.9 Å². The van der Waals surface area contributed by atoms with E-state index in [1.807, 2.05) is 84.2 Å². The second-order valence-electron chi connectivity index (χ2n) is 25.3. The molecule has 4 heterocycles. The number of anilines is 3. The van der Waals surface area contributed by atoms with Crippen molar-refractivity contribution in [1.29, 1.82) is 5.26 Å². The Morgan fingerprint density at radius 2 is 1.15 bits per heavy atom. The van der Waals surface area contributed by atoms with Gasteiger partial charge in [0.25, 0.3) is 5.70 Å². The van der Waals surface area contributed by atoms with Crippen LogP contribution in [0.3, 0.4) is 0 Å². The largest absolute Gasteiger partial charge is 0.500 e. The van der Waals surface area contributed by atoms with Crippen LogP contribution >= 0.6 is 93.3 Å². The molecular weight excluding hydrogens is 1550 g/mol. The van der Waals surface area contributed by atoms with Gasteiger partial charge >= 0.3 is 0 Å². The van der Waals surface area contributed by atoms with E-state index in [-0.39, 0.29) is 37.7 Å². The molecule has 0 N–H and O–H groups in total. The number of imide groups is 2. The molecule has 3 atom stereocenters. The number of benzene rings is 6. The molecule has 7 aromatic rings. The molecule has 1 aromatic heterocycles. The van der Waals surface area contributed by atoms with Crippen LogP contribution in [-0.4, -0.2) is 71.2 Å². The first kappa shape index (κ1) is 82.3. The van der Waals surface area contributed by atoms with E-state index in [4.69, 9.17) is 41.1 Å². The number of carbonyl (C=O) groups is 4. The second-order valence-corrected chi connectivity index (χ2v) is 32.8. The van der Waals surface area contributed by atoms with E-state index >= 15 is 35.1 Å². The third-order valence-electron chi connectivity index (χ3n) is 18.4. The Morgan fingerprint density at radius 1 is 0.639 bits per heavy atom. The number of amides is 4. The molecule has 0 saturated carbocycles. The van der Waals surface area contributed by atoms with Crippen LogP contribution in [0.1, 0.15) is 117 Å². The number of thiophene rings is 1. The van der Waals surface area contributed by atoms with Crippen molar-refractivity contribution < 1.29 is 59.0 Å². The van der Waals surface area contributed by atoms with Crippen molar-refractivity contribution in [2.24, 2.45) is 0 Å². The summed E-state index contributed by atoms with van der Waals surface area (Å²) in [7, 11) is 0. The predicted octanol–water partition coefficient (Wildman–Crippen LogP) is 23.1. The maximum atomic E-state index is 16.3. The molecule has 2 saturated heterocycles. The highest BCUT2D eigenvalue weighted by Gasteiger charge is 2.48. The van der Waals surface area contributed by atoms with E-state index in [2.05, 4.69) is 41.8 Å². The molecule has 11 nitrogen and oxygen atoms in total. The molecule has 6 aromatic carbocycles. The van der Waals surface area contributed by atoms with E-state index in [1.54, 1.807) is 90.3 Å². The number of unbranched alkanes of at least 4 members (excludes halogenated alkanes) is 6. The maximum absolute atomic E-state index is 16.3. The quantitative estimate of drug-likeness (QED) is 0.00584. The first-order valence-corrected chi connectivity index (χ1v) is 41.4. The smallest absolute Gasteiger partial charge is 0.292 e. The Kier molecular flexibility index (Phi) is 28.6. The Bertz CT molecular complexity index is 4850. The standard InChI is InChI=1S/C81H70Cl2F8N6O5S6/c1-8-10-12-14-18-53-54(19-15-13-11-9-2)60(108-59(53)21-17-16-20-55-75(94-5)78(58(45-92)93-4)102-81(55,3)47-25-36-56(82)57(83)42-47)37-24-46-22-26-48(27-23-46)95(38-40-103-6)39-41-105-61-43-63(98)96(79(61)100)76-71(88)67(84)65(68(85)72(76)89)66-69(86)73(90)77(74(91)70(66)87)97-64(99)44-62(80(97)101)107-52-34-32-51(33-35-52)106-50-30-28-49(104-7)29-31-50/h16-17,20-37,42,61-62H,8-15,18-19,38-41,43-44H2,1-3,6-7H3/b20-16+,21-17+,37-24+,78-58+. The van der Waals surface area contributed by atoms with Crippen molar-refractivity contribution in [1.82, 2.24) is 0 Å². The number of hydrogen-bond donors (Lipinski definition) is 0. The minimum atomic E-state index is -2.62. The van der Waals surface area contributed by atoms with Gasteiger partial charge in [-0.25, -0.2) is 59.9 Å². The van der Waals surface area contributed by atoms with E-state index in [0.717, 1.165) is 123 Å². The third-order valence-corrected chi connectivity index (χ3v) is 25.1. The van der Waals surface area contributed by atoms with Gasteiger partial charge in [0.05, 0.1) is 50.9 Å². The van der Waals surface area contributed by atoms with Crippen LogP contribution in [0.25, 0.3) is 39.0 Å². The molecule has 27 heteroatoms. The third kappa shape index (κ3) is 18.0. The number of rotatable bonds is 32. The maximum Gasteiger partial charge on any atom is 0.292 e. The molecule has 0 spiro atoms. The van der Waals surface area contributed by atoms with Crippen LogP contribution < -0.4 is 14.7 Å². The molecular formula is C81H70Cl2F8N6O5S6. The molecule has 560 valence electrons. The Labute approximate surface area is 657 Å². The summed E-state index contributed by atoms with van der Waals surface area (Å²) in [4.78, 5) is 68.7. The molecule has 108 heavy (non-hydrogen) atoms. The summed E-state index contributed by atoms with van der Waals surface area (Å²) in [6.45, 7) is 22.7. The summed E-state index contributed by atoms with van der Waals surface area (Å²) in [5, 5.41) is 7.78. The Balaban J connectivity index is 0.831. The summed E-state index contributed by atoms with van der Waals surface area (Å²) in [6, 6.07) is 29.2. The normalized spacial score (nSPS) is 17.2. The Hall–Kier alpha value is -8.16. The van der Waals surface area contributed by atoms with Crippen molar-refractivity contribution in [2.75, 3.05) is 51.8 Å². The Morgan fingerprint density at radius 3 is 1.66 bits per heavy atom. The molecule has 0 bridgehead atoms. The fourth-order valence-electron chi connectivity index (χ4n) is 12.8. The fraction of sp³-hybridized carbons (Fsp3) is 0.296. The minimum absolute atomic E-state index is 0.0307. The van der Waals surface area contributed by atoms with Gasteiger partial charge in [0.1, 0.15) is 22.7 Å². The molecule has 4 amide bonds. The summed E-state index contributed by atoms with van der Waals surface area (Å²) >= 11 is 20.8. The average Bonchev–Trinajstić information content (AvgIpc) is 1.12. The molecule has 3 aliphatic heterocycles. The van der Waals surface area contributed by atoms with Crippen molar-refractivity contribution in [2.45, 2.75) is 134 Å². The summed E-state index contributed by atoms with van der Waals surface area (Å²) in [5.74, 6) is -24.9. The number of ether oxygens (including phenoxy) is 1. The highest BCUT2D eigenvalue weighted by molar-refractivity contribution is 8.01. The number of nitriles is 1. The number of thioether (sulfide) groups is 4. The molecule has 10 rings (SSSR count). The van der Waals surface area contributed by atoms with Gasteiger partial charge < -0.3 is 9.64 Å². The van der Waals surface area contributed by atoms with Crippen LogP contribution in [0.5, 0.6) is 0 Å². The van der Waals surface area contributed by atoms with Gasteiger partial charge in [-0.3, -0.25) is 19.2 Å². The van der Waals surface area contributed by atoms with Crippen LogP contribution in [-0.2, 0) is 42.4 Å². The lowest BCUT2D eigenvalue weighted by atomic mass is 9.87. The fourth-order valence-corrected chi connectivity index (χ4v) is 18.1. The first-order valence-electron chi connectivity index (χ1n) is 34.4. The van der Waals surface area contributed by atoms with Crippen molar-refractivity contribution in [3.8, 4) is 17.2 Å². The lowest BCUT2D eigenvalue weighted by Crippen LogP contribution is -2.34. The summed E-state index contributed by atoms with van der Waals surface area (Å²) in [5.41, 5.74) is -4.66.